The van der Waals surface area contributed by atoms with Crippen molar-refractivity contribution in [3.8, 4) is 0 Å². The summed E-state index contributed by atoms with van der Waals surface area (Å²) in [6.07, 6.45) is 2.02. The quantitative estimate of drug-likeness (QED) is 0.905. The Labute approximate surface area is 107 Å². The van der Waals surface area contributed by atoms with E-state index in [2.05, 4.69) is 41.8 Å². The molecule has 0 aliphatic rings. The van der Waals surface area contributed by atoms with Crippen molar-refractivity contribution in [2.45, 2.75) is 53.1 Å². The van der Waals surface area contributed by atoms with Gasteiger partial charge in [-0.05, 0) is 35.7 Å². The summed E-state index contributed by atoms with van der Waals surface area (Å²) >= 11 is 3.60. The van der Waals surface area contributed by atoms with Gasteiger partial charge in [0.1, 0.15) is 0 Å². The van der Waals surface area contributed by atoms with Crippen LogP contribution in [0.4, 0.5) is 0 Å². The Morgan fingerprint density at radius 2 is 2.06 bits per heavy atom. The molecular formula is C12H22BrN3. The van der Waals surface area contributed by atoms with Crippen LogP contribution in [0.25, 0.3) is 0 Å². The fourth-order valence-corrected chi connectivity index (χ4v) is 2.24. The SMILES string of the molecule is CCC(C)C(N)Cc1c(Br)c(C)nn1CC. The van der Waals surface area contributed by atoms with Crippen molar-refractivity contribution in [3.63, 3.8) is 0 Å². The van der Waals surface area contributed by atoms with Crippen LogP contribution in [0.3, 0.4) is 0 Å². The number of aromatic nitrogens is 2. The van der Waals surface area contributed by atoms with E-state index in [0.717, 1.165) is 29.6 Å². The van der Waals surface area contributed by atoms with E-state index in [4.69, 9.17) is 5.73 Å². The first-order valence-electron chi connectivity index (χ1n) is 5.98. The Bertz CT molecular complexity index is 346. The molecule has 0 radical (unpaired) electrons. The number of rotatable bonds is 5. The number of halogens is 1. The maximum Gasteiger partial charge on any atom is 0.0738 e. The molecule has 0 saturated heterocycles. The summed E-state index contributed by atoms with van der Waals surface area (Å²) in [5.74, 6) is 0.549. The molecule has 0 saturated carbocycles. The zero-order valence-corrected chi connectivity index (χ0v) is 12.2. The summed E-state index contributed by atoms with van der Waals surface area (Å²) in [5, 5.41) is 4.48. The second kappa shape index (κ2) is 5.82. The third-order valence-electron chi connectivity index (χ3n) is 3.26. The smallest absolute Gasteiger partial charge is 0.0738 e. The molecule has 0 fully saturated rings. The predicted molar refractivity (Wildman–Crippen MR) is 71.5 cm³/mol. The fraction of sp³-hybridized carbons (Fsp3) is 0.750. The van der Waals surface area contributed by atoms with Gasteiger partial charge in [0.15, 0.2) is 0 Å². The third kappa shape index (κ3) is 2.86. The predicted octanol–water partition coefficient (Wildman–Crippen LogP) is 2.89. The highest BCUT2D eigenvalue weighted by Crippen LogP contribution is 2.23. The van der Waals surface area contributed by atoms with Gasteiger partial charge in [-0.1, -0.05) is 20.3 Å². The lowest BCUT2D eigenvalue weighted by molar-refractivity contribution is 0.428. The van der Waals surface area contributed by atoms with Gasteiger partial charge in [0, 0.05) is 19.0 Å². The zero-order valence-electron chi connectivity index (χ0n) is 10.6. The summed E-state index contributed by atoms with van der Waals surface area (Å²) in [5.41, 5.74) is 8.48. The van der Waals surface area contributed by atoms with E-state index in [-0.39, 0.29) is 6.04 Å². The summed E-state index contributed by atoms with van der Waals surface area (Å²) < 4.78 is 3.16. The number of aryl methyl sites for hydroxylation is 2. The number of hydrogen-bond donors (Lipinski definition) is 1. The van der Waals surface area contributed by atoms with Gasteiger partial charge in [0.25, 0.3) is 0 Å². The molecule has 0 aliphatic heterocycles. The first-order valence-corrected chi connectivity index (χ1v) is 6.77. The van der Waals surface area contributed by atoms with Crippen LogP contribution in [0.5, 0.6) is 0 Å². The summed E-state index contributed by atoms with van der Waals surface area (Å²) in [6, 6.07) is 0.211. The molecule has 1 heterocycles. The van der Waals surface area contributed by atoms with Crippen molar-refractivity contribution in [3.05, 3.63) is 15.9 Å². The average Bonchev–Trinajstić information content (AvgIpc) is 2.55. The van der Waals surface area contributed by atoms with E-state index in [1.807, 2.05) is 11.6 Å². The lowest BCUT2D eigenvalue weighted by Gasteiger charge is -2.18. The Morgan fingerprint density at radius 1 is 1.44 bits per heavy atom. The fourth-order valence-electron chi connectivity index (χ4n) is 1.79. The van der Waals surface area contributed by atoms with E-state index in [1.165, 1.54) is 5.69 Å². The summed E-state index contributed by atoms with van der Waals surface area (Å²) in [4.78, 5) is 0. The third-order valence-corrected chi connectivity index (χ3v) is 4.29. The number of nitrogens with two attached hydrogens (primary N) is 1. The van der Waals surface area contributed by atoms with Gasteiger partial charge in [-0.15, -0.1) is 0 Å². The Hall–Kier alpha value is -0.350. The van der Waals surface area contributed by atoms with E-state index >= 15 is 0 Å². The van der Waals surface area contributed by atoms with Crippen molar-refractivity contribution in [1.29, 1.82) is 0 Å². The molecule has 1 aromatic rings. The van der Waals surface area contributed by atoms with Crippen LogP contribution in [0.2, 0.25) is 0 Å². The van der Waals surface area contributed by atoms with Crippen LogP contribution in [0.1, 0.15) is 38.6 Å². The van der Waals surface area contributed by atoms with Crippen LogP contribution < -0.4 is 5.73 Å². The van der Waals surface area contributed by atoms with E-state index in [9.17, 15) is 0 Å². The van der Waals surface area contributed by atoms with Crippen molar-refractivity contribution >= 4 is 15.9 Å². The van der Waals surface area contributed by atoms with Gasteiger partial charge in [0.2, 0.25) is 0 Å². The number of hydrogen-bond acceptors (Lipinski definition) is 2. The molecule has 1 aromatic heterocycles. The molecule has 0 bridgehead atoms. The van der Waals surface area contributed by atoms with Gasteiger partial charge in [-0.3, -0.25) is 4.68 Å². The molecule has 16 heavy (non-hydrogen) atoms. The van der Waals surface area contributed by atoms with Crippen LogP contribution in [0.15, 0.2) is 4.47 Å². The van der Waals surface area contributed by atoms with E-state index in [0.29, 0.717) is 5.92 Å². The van der Waals surface area contributed by atoms with Crippen LogP contribution >= 0.6 is 15.9 Å². The highest BCUT2D eigenvalue weighted by molar-refractivity contribution is 9.10. The molecule has 2 unspecified atom stereocenters. The highest BCUT2D eigenvalue weighted by atomic mass is 79.9. The zero-order chi connectivity index (χ0) is 12.3. The van der Waals surface area contributed by atoms with Gasteiger partial charge in [0.05, 0.1) is 15.9 Å². The highest BCUT2D eigenvalue weighted by Gasteiger charge is 2.18. The van der Waals surface area contributed by atoms with Crippen molar-refractivity contribution in [1.82, 2.24) is 9.78 Å². The maximum atomic E-state index is 6.20. The molecule has 2 atom stereocenters. The first-order chi connectivity index (χ1) is 7.51. The molecule has 92 valence electrons. The van der Waals surface area contributed by atoms with Crippen molar-refractivity contribution in [2.75, 3.05) is 0 Å². The monoisotopic (exact) mass is 287 g/mol. The van der Waals surface area contributed by atoms with E-state index < -0.39 is 0 Å². The Kier molecular flexibility index (Phi) is 4.99. The normalized spacial score (nSPS) is 15.1. The van der Waals surface area contributed by atoms with Crippen molar-refractivity contribution < 1.29 is 0 Å². The molecule has 1 rings (SSSR count). The largest absolute Gasteiger partial charge is 0.327 e. The van der Waals surface area contributed by atoms with Crippen molar-refractivity contribution in [2.24, 2.45) is 11.7 Å². The van der Waals surface area contributed by atoms with E-state index in [1.54, 1.807) is 0 Å². The molecule has 0 aliphatic carbocycles. The Morgan fingerprint density at radius 3 is 2.56 bits per heavy atom. The standard InChI is InChI=1S/C12H22BrN3/c1-5-8(3)10(14)7-11-12(13)9(4)15-16(11)6-2/h8,10H,5-7,14H2,1-4H3. The second-order valence-corrected chi connectivity index (χ2v) is 5.21. The maximum absolute atomic E-state index is 6.20. The summed E-state index contributed by atoms with van der Waals surface area (Å²) in [6.45, 7) is 9.42. The van der Waals surface area contributed by atoms with Gasteiger partial charge >= 0.3 is 0 Å². The molecule has 4 heteroatoms. The Balaban J connectivity index is 2.87. The lowest BCUT2D eigenvalue weighted by Crippen LogP contribution is -2.31. The molecule has 3 nitrogen and oxygen atoms in total. The lowest BCUT2D eigenvalue weighted by atomic mass is 9.96. The van der Waals surface area contributed by atoms with Gasteiger partial charge in [-0.25, -0.2) is 0 Å². The van der Waals surface area contributed by atoms with Crippen LogP contribution in [0, 0.1) is 12.8 Å². The average molecular weight is 288 g/mol. The van der Waals surface area contributed by atoms with Crippen LogP contribution in [-0.2, 0) is 13.0 Å². The topological polar surface area (TPSA) is 43.8 Å². The minimum Gasteiger partial charge on any atom is -0.327 e. The molecule has 2 N–H and O–H groups in total. The van der Waals surface area contributed by atoms with Crippen LogP contribution in [-0.4, -0.2) is 15.8 Å². The molecule has 0 spiro atoms. The summed E-state index contributed by atoms with van der Waals surface area (Å²) in [7, 11) is 0. The van der Waals surface area contributed by atoms with Gasteiger partial charge < -0.3 is 5.73 Å². The molecular weight excluding hydrogens is 266 g/mol. The first kappa shape index (κ1) is 13.7. The molecule has 0 aromatic carbocycles. The second-order valence-electron chi connectivity index (χ2n) is 4.42. The minimum absolute atomic E-state index is 0.211. The van der Waals surface area contributed by atoms with Gasteiger partial charge in [-0.2, -0.15) is 5.10 Å². The minimum atomic E-state index is 0.211. The molecule has 0 amide bonds. The number of nitrogens with zero attached hydrogens (tertiary/aromatic N) is 2.